The van der Waals surface area contributed by atoms with Gasteiger partial charge in [0.1, 0.15) is 0 Å². The van der Waals surface area contributed by atoms with Crippen LogP contribution in [0.4, 0.5) is 5.69 Å². The first-order chi connectivity index (χ1) is 9.94. The van der Waals surface area contributed by atoms with E-state index in [1.165, 1.54) is 6.07 Å². The third-order valence-electron chi connectivity index (χ3n) is 2.45. The molecule has 0 unspecified atom stereocenters. The predicted molar refractivity (Wildman–Crippen MR) is 85.2 cm³/mol. The minimum absolute atomic E-state index is 0.184. The topological polar surface area (TPSA) is 72.5 Å². The third kappa shape index (κ3) is 3.84. The number of thiophene rings is 1. The van der Waals surface area contributed by atoms with Crippen molar-refractivity contribution in [3.8, 4) is 0 Å². The molecule has 0 saturated heterocycles. The van der Waals surface area contributed by atoms with Crippen molar-refractivity contribution in [1.29, 1.82) is 0 Å². The SMILES string of the molecule is CCOC(=O)c1cccc(NS(=O)(=O)c2sccc2Br)c1. The van der Waals surface area contributed by atoms with Gasteiger partial charge in [0.15, 0.2) is 4.21 Å². The summed E-state index contributed by atoms with van der Waals surface area (Å²) in [6.45, 7) is 1.97. The molecule has 0 atom stereocenters. The minimum atomic E-state index is -3.69. The van der Waals surface area contributed by atoms with Crippen molar-refractivity contribution < 1.29 is 17.9 Å². The van der Waals surface area contributed by atoms with Gasteiger partial charge in [0.25, 0.3) is 10.0 Å². The molecule has 1 heterocycles. The molecule has 1 N–H and O–H groups in total. The summed E-state index contributed by atoms with van der Waals surface area (Å²) >= 11 is 4.30. The first-order valence-corrected chi connectivity index (χ1v) is 9.12. The lowest BCUT2D eigenvalue weighted by Gasteiger charge is -2.08. The summed E-state index contributed by atoms with van der Waals surface area (Å²) in [6, 6.07) is 7.83. The fourth-order valence-corrected chi connectivity index (χ4v) is 4.99. The second kappa shape index (κ2) is 6.59. The highest BCUT2D eigenvalue weighted by atomic mass is 79.9. The van der Waals surface area contributed by atoms with Crippen LogP contribution in [0, 0.1) is 0 Å². The molecule has 0 saturated carbocycles. The van der Waals surface area contributed by atoms with E-state index in [0.717, 1.165) is 11.3 Å². The molecule has 5 nitrogen and oxygen atoms in total. The minimum Gasteiger partial charge on any atom is -0.462 e. The van der Waals surface area contributed by atoms with Crippen LogP contribution in [-0.4, -0.2) is 21.0 Å². The summed E-state index contributed by atoms with van der Waals surface area (Å²) in [7, 11) is -3.69. The Kier molecular flexibility index (Phi) is 5.02. The zero-order chi connectivity index (χ0) is 15.5. The lowest BCUT2D eigenvalue weighted by atomic mass is 10.2. The van der Waals surface area contributed by atoms with Crippen LogP contribution in [0.25, 0.3) is 0 Å². The van der Waals surface area contributed by atoms with Gasteiger partial charge >= 0.3 is 5.97 Å². The van der Waals surface area contributed by atoms with E-state index in [1.807, 2.05) is 0 Å². The van der Waals surface area contributed by atoms with Crippen LogP contribution in [0.15, 0.2) is 44.4 Å². The van der Waals surface area contributed by atoms with E-state index < -0.39 is 16.0 Å². The maximum Gasteiger partial charge on any atom is 0.338 e. The molecular formula is C13H12BrNO4S2. The Labute approximate surface area is 135 Å². The molecule has 1 aromatic carbocycles. The molecule has 0 spiro atoms. The summed E-state index contributed by atoms with van der Waals surface area (Å²) in [5.41, 5.74) is 0.600. The van der Waals surface area contributed by atoms with Crippen molar-refractivity contribution in [3.63, 3.8) is 0 Å². The molecule has 8 heteroatoms. The molecule has 21 heavy (non-hydrogen) atoms. The smallest absolute Gasteiger partial charge is 0.338 e. The van der Waals surface area contributed by atoms with Crippen LogP contribution in [0.2, 0.25) is 0 Å². The number of anilines is 1. The van der Waals surface area contributed by atoms with Gasteiger partial charge in [0.05, 0.1) is 12.2 Å². The summed E-state index contributed by atoms with van der Waals surface area (Å²) in [5, 5.41) is 1.67. The van der Waals surface area contributed by atoms with E-state index in [2.05, 4.69) is 20.7 Å². The Balaban J connectivity index is 2.26. The number of benzene rings is 1. The van der Waals surface area contributed by atoms with E-state index in [1.54, 1.807) is 36.6 Å². The lowest BCUT2D eigenvalue weighted by Crippen LogP contribution is -2.13. The van der Waals surface area contributed by atoms with Gasteiger partial charge < -0.3 is 4.74 Å². The molecule has 0 aliphatic heterocycles. The van der Waals surface area contributed by atoms with Crippen molar-refractivity contribution in [2.75, 3.05) is 11.3 Å². The molecule has 0 amide bonds. The Morgan fingerprint density at radius 3 is 2.76 bits per heavy atom. The second-order valence-corrected chi connectivity index (χ2v) is 7.61. The van der Waals surface area contributed by atoms with Crippen LogP contribution in [-0.2, 0) is 14.8 Å². The van der Waals surface area contributed by atoms with Gasteiger partial charge in [-0.05, 0) is 52.5 Å². The maximum atomic E-state index is 12.2. The van der Waals surface area contributed by atoms with E-state index in [4.69, 9.17) is 4.74 Å². The number of esters is 1. The number of sulfonamides is 1. The molecule has 0 bridgehead atoms. The fourth-order valence-electron chi connectivity index (χ4n) is 1.60. The van der Waals surface area contributed by atoms with Crippen molar-refractivity contribution in [3.05, 3.63) is 45.7 Å². The lowest BCUT2D eigenvalue weighted by molar-refractivity contribution is 0.0526. The van der Waals surface area contributed by atoms with E-state index in [9.17, 15) is 13.2 Å². The zero-order valence-electron chi connectivity index (χ0n) is 11.0. The molecule has 112 valence electrons. The Morgan fingerprint density at radius 1 is 1.38 bits per heavy atom. The molecule has 0 radical (unpaired) electrons. The standard InChI is InChI=1S/C13H12BrNO4S2/c1-2-19-12(16)9-4-3-5-10(8-9)15-21(17,18)13-11(14)6-7-20-13/h3-8,15H,2H2,1H3. The van der Waals surface area contributed by atoms with Crippen LogP contribution in [0.5, 0.6) is 0 Å². The number of halogens is 1. The van der Waals surface area contributed by atoms with Crippen molar-refractivity contribution in [2.45, 2.75) is 11.1 Å². The average Bonchev–Trinajstić information content (AvgIpc) is 2.86. The highest BCUT2D eigenvalue weighted by Crippen LogP contribution is 2.29. The number of hydrogen-bond acceptors (Lipinski definition) is 5. The first-order valence-electron chi connectivity index (χ1n) is 5.97. The normalized spacial score (nSPS) is 11.1. The van der Waals surface area contributed by atoms with Crippen LogP contribution >= 0.6 is 27.3 Å². The van der Waals surface area contributed by atoms with Crippen molar-refractivity contribution in [2.24, 2.45) is 0 Å². The Hall–Kier alpha value is -1.38. The monoisotopic (exact) mass is 389 g/mol. The quantitative estimate of drug-likeness (QED) is 0.794. The van der Waals surface area contributed by atoms with Crippen molar-refractivity contribution in [1.82, 2.24) is 0 Å². The number of ether oxygens (including phenoxy) is 1. The molecule has 0 fully saturated rings. The highest BCUT2D eigenvalue weighted by molar-refractivity contribution is 9.10. The number of nitrogens with one attached hydrogen (secondary N) is 1. The summed E-state index contributed by atoms with van der Waals surface area (Å²) in [5.74, 6) is -0.490. The molecule has 2 aromatic rings. The van der Waals surface area contributed by atoms with E-state index in [0.29, 0.717) is 15.7 Å². The fraction of sp³-hybridized carbons (Fsp3) is 0.154. The predicted octanol–water partition coefficient (Wildman–Crippen LogP) is 3.49. The van der Waals surface area contributed by atoms with Crippen LogP contribution < -0.4 is 4.72 Å². The summed E-state index contributed by atoms with van der Waals surface area (Å²) in [6.07, 6.45) is 0. The molecule has 0 aliphatic carbocycles. The molecule has 0 aliphatic rings. The molecular weight excluding hydrogens is 378 g/mol. The van der Waals surface area contributed by atoms with Gasteiger partial charge in [-0.25, -0.2) is 13.2 Å². The second-order valence-electron chi connectivity index (χ2n) is 3.96. The van der Waals surface area contributed by atoms with Gasteiger partial charge in [-0.2, -0.15) is 0 Å². The number of carbonyl (C=O) groups excluding carboxylic acids is 1. The summed E-state index contributed by atoms with van der Waals surface area (Å²) < 4.78 is 32.5. The van der Waals surface area contributed by atoms with Crippen LogP contribution in [0.3, 0.4) is 0 Å². The van der Waals surface area contributed by atoms with Gasteiger partial charge in [0, 0.05) is 10.2 Å². The number of carbonyl (C=O) groups is 1. The summed E-state index contributed by atoms with van der Waals surface area (Å²) in [4.78, 5) is 11.6. The first kappa shape index (κ1) is 16.0. The van der Waals surface area contributed by atoms with Gasteiger partial charge in [0.2, 0.25) is 0 Å². The third-order valence-corrected chi connectivity index (χ3v) is 6.51. The Bertz CT molecular complexity index is 755. The Morgan fingerprint density at radius 2 is 2.14 bits per heavy atom. The van der Waals surface area contributed by atoms with Gasteiger partial charge in [-0.3, -0.25) is 4.72 Å². The van der Waals surface area contributed by atoms with Crippen LogP contribution in [0.1, 0.15) is 17.3 Å². The average molecular weight is 390 g/mol. The highest BCUT2D eigenvalue weighted by Gasteiger charge is 2.19. The molecule has 1 aromatic heterocycles. The van der Waals surface area contributed by atoms with E-state index in [-0.39, 0.29) is 10.8 Å². The maximum absolute atomic E-state index is 12.2. The van der Waals surface area contributed by atoms with Crippen molar-refractivity contribution >= 4 is 48.9 Å². The largest absolute Gasteiger partial charge is 0.462 e. The van der Waals surface area contributed by atoms with E-state index >= 15 is 0 Å². The van der Waals surface area contributed by atoms with Gasteiger partial charge in [-0.15, -0.1) is 11.3 Å². The number of hydrogen-bond donors (Lipinski definition) is 1. The number of rotatable bonds is 5. The molecule has 2 rings (SSSR count). The van der Waals surface area contributed by atoms with Gasteiger partial charge in [-0.1, -0.05) is 6.07 Å². The zero-order valence-corrected chi connectivity index (χ0v) is 14.2.